The summed E-state index contributed by atoms with van der Waals surface area (Å²) < 4.78 is 15.0. The first kappa shape index (κ1) is 7.74. The van der Waals surface area contributed by atoms with E-state index in [0.29, 0.717) is 0 Å². The van der Waals surface area contributed by atoms with Gasteiger partial charge in [-0.05, 0) is 13.0 Å². The highest BCUT2D eigenvalue weighted by molar-refractivity contribution is 5.48. The molecule has 0 atom stereocenters. The molecule has 0 saturated heterocycles. The van der Waals surface area contributed by atoms with Crippen LogP contribution >= 0.6 is 0 Å². The summed E-state index contributed by atoms with van der Waals surface area (Å²) in [6.07, 6.45) is 3.21. The van der Waals surface area contributed by atoms with Crippen LogP contribution in [0.3, 0.4) is 0 Å². The smallest absolute Gasteiger partial charge is 0.184 e. The van der Waals surface area contributed by atoms with Crippen LogP contribution in [0, 0.1) is 24.1 Å². The molecule has 0 aliphatic carbocycles. The highest BCUT2D eigenvalue weighted by atomic mass is 19.1. The van der Waals surface area contributed by atoms with E-state index in [1.807, 2.05) is 6.92 Å². The van der Waals surface area contributed by atoms with Gasteiger partial charge in [0.1, 0.15) is 6.07 Å². The van der Waals surface area contributed by atoms with E-state index in [1.54, 1.807) is 22.9 Å². The summed E-state index contributed by atoms with van der Waals surface area (Å²) in [6.45, 7) is 1.82. The second kappa shape index (κ2) is 2.56. The van der Waals surface area contributed by atoms with Crippen molar-refractivity contribution in [3.05, 3.63) is 35.5 Å². The Balaban J connectivity index is 2.90. The summed E-state index contributed by atoms with van der Waals surface area (Å²) in [5.74, 6) is -0.557. The normalized spacial score (nSPS) is 10.2. The first-order valence-electron chi connectivity index (χ1n) is 3.76. The molecule has 0 aliphatic rings. The van der Waals surface area contributed by atoms with E-state index in [1.165, 1.54) is 6.07 Å². The van der Waals surface area contributed by atoms with Crippen LogP contribution in [0.4, 0.5) is 4.39 Å². The molecule has 3 nitrogen and oxygen atoms in total. The van der Waals surface area contributed by atoms with Crippen molar-refractivity contribution in [1.82, 2.24) is 9.38 Å². The molecule has 0 radical (unpaired) electrons. The lowest BCUT2D eigenvalue weighted by Gasteiger charge is -1.97. The van der Waals surface area contributed by atoms with Gasteiger partial charge in [0.25, 0.3) is 0 Å². The van der Waals surface area contributed by atoms with Crippen molar-refractivity contribution in [3.8, 4) is 6.07 Å². The fraction of sp³-hybridized carbons (Fsp3) is 0.111. The van der Waals surface area contributed by atoms with E-state index in [2.05, 4.69) is 4.98 Å². The van der Waals surface area contributed by atoms with Gasteiger partial charge >= 0.3 is 0 Å². The standard InChI is InChI=1S/C9H6FN3/c1-6-5-12-9-8(10)7(4-11)2-3-13(6)9/h2-3,5H,1H3. The Kier molecular flexibility index (Phi) is 1.52. The molecule has 2 aromatic heterocycles. The Morgan fingerprint density at radius 2 is 2.38 bits per heavy atom. The van der Waals surface area contributed by atoms with Crippen LogP contribution in [0.1, 0.15) is 11.3 Å². The van der Waals surface area contributed by atoms with Crippen LogP contribution in [0.5, 0.6) is 0 Å². The second-order valence-corrected chi connectivity index (χ2v) is 2.75. The lowest BCUT2D eigenvalue weighted by Crippen LogP contribution is -1.93. The Hall–Kier alpha value is -1.89. The average Bonchev–Trinajstić information content (AvgIpc) is 2.50. The third-order valence-electron chi connectivity index (χ3n) is 1.93. The molecule has 0 aliphatic heterocycles. The van der Waals surface area contributed by atoms with E-state index >= 15 is 0 Å². The number of halogens is 1. The molecule has 0 amide bonds. The van der Waals surface area contributed by atoms with Gasteiger partial charge < -0.3 is 4.40 Å². The number of imidazole rings is 1. The van der Waals surface area contributed by atoms with E-state index in [9.17, 15) is 4.39 Å². The molecule has 2 aromatic rings. The average molecular weight is 175 g/mol. The van der Waals surface area contributed by atoms with Crippen molar-refractivity contribution < 1.29 is 4.39 Å². The Bertz CT molecular complexity index is 507. The maximum Gasteiger partial charge on any atom is 0.184 e. The van der Waals surface area contributed by atoms with Gasteiger partial charge in [-0.2, -0.15) is 5.26 Å². The minimum absolute atomic E-state index is 0.0260. The molecule has 4 heteroatoms. The number of rotatable bonds is 0. The summed E-state index contributed by atoms with van der Waals surface area (Å²) >= 11 is 0. The predicted octanol–water partition coefficient (Wildman–Crippen LogP) is 1.65. The fourth-order valence-corrected chi connectivity index (χ4v) is 1.23. The molecule has 0 bridgehead atoms. The first-order chi connectivity index (χ1) is 6.24. The quantitative estimate of drug-likeness (QED) is 0.610. The van der Waals surface area contributed by atoms with Gasteiger partial charge in [0.15, 0.2) is 11.5 Å². The van der Waals surface area contributed by atoms with Crippen LogP contribution in [0.15, 0.2) is 18.5 Å². The SMILES string of the molecule is Cc1cnc2c(F)c(C#N)ccn12. The van der Waals surface area contributed by atoms with Crippen molar-refractivity contribution in [2.75, 3.05) is 0 Å². The minimum Gasteiger partial charge on any atom is -0.302 e. The number of nitriles is 1. The number of pyridine rings is 1. The number of hydrogen-bond acceptors (Lipinski definition) is 2. The van der Waals surface area contributed by atoms with E-state index in [4.69, 9.17) is 5.26 Å². The molecule has 2 heterocycles. The number of aromatic nitrogens is 2. The van der Waals surface area contributed by atoms with Gasteiger partial charge in [-0.1, -0.05) is 0 Å². The zero-order chi connectivity index (χ0) is 9.42. The van der Waals surface area contributed by atoms with Crippen molar-refractivity contribution in [1.29, 1.82) is 5.26 Å². The van der Waals surface area contributed by atoms with E-state index < -0.39 is 5.82 Å². The summed E-state index contributed by atoms with van der Waals surface area (Å²) in [5, 5.41) is 8.56. The van der Waals surface area contributed by atoms with Crippen molar-refractivity contribution in [2.45, 2.75) is 6.92 Å². The summed E-state index contributed by atoms with van der Waals surface area (Å²) in [7, 11) is 0. The second-order valence-electron chi connectivity index (χ2n) is 2.75. The molecular weight excluding hydrogens is 169 g/mol. The van der Waals surface area contributed by atoms with Gasteiger partial charge in [0.2, 0.25) is 0 Å². The summed E-state index contributed by atoms with van der Waals surface area (Å²) in [5.41, 5.74) is 1.08. The zero-order valence-electron chi connectivity index (χ0n) is 6.95. The molecule has 0 saturated carbocycles. The highest BCUT2D eigenvalue weighted by Gasteiger charge is 2.09. The minimum atomic E-state index is -0.557. The molecule has 13 heavy (non-hydrogen) atoms. The molecular formula is C9H6FN3. The van der Waals surface area contributed by atoms with Crippen molar-refractivity contribution in [2.24, 2.45) is 0 Å². The maximum absolute atomic E-state index is 13.4. The molecule has 2 rings (SSSR count). The molecule has 0 N–H and O–H groups in total. The Labute approximate surface area is 74.1 Å². The molecule has 0 fully saturated rings. The lowest BCUT2D eigenvalue weighted by molar-refractivity contribution is 0.625. The molecule has 0 aromatic carbocycles. The third-order valence-corrected chi connectivity index (χ3v) is 1.93. The highest BCUT2D eigenvalue weighted by Crippen LogP contribution is 2.13. The summed E-state index contributed by atoms with van der Waals surface area (Å²) in [4.78, 5) is 3.86. The topological polar surface area (TPSA) is 41.1 Å². The van der Waals surface area contributed by atoms with Gasteiger partial charge in [0, 0.05) is 18.1 Å². The lowest BCUT2D eigenvalue weighted by atomic mass is 10.3. The van der Waals surface area contributed by atoms with Crippen LogP contribution in [-0.2, 0) is 0 Å². The van der Waals surface area contributed by atoms with Gasteiger partial charge in [-0.15, -0.1) is 0 Å². The largest absolute Gasteiger partial charge is 0.302 e. The molecule has 0 unspecified atom stereocenters. The van der Waals surface area contributed by atoms with Crippen molar-refractivity contribution >= 4 is 5.65 Å². The summed E-state index contributed by atoms with van der Waals surface area (Å²) in [6, 6.07) is 3.21. The number of fused-ring (bicyclic) bond motifs is 1. The Morgan fingerprint density at radius 3 is 3.08 bits per heavy atom. The van der Waals surface area contributed by atoms with E-state index in [-0.39, 0.29) is 11.2 Å². The number of nitrogens with zero attached hydrogens (tertiary/aromatic N) is 3. The third kappa shape index (κ3) is 0.975. The number of hydrogen-bond donors (Lipinski definition) is 0. The number of aryl methyl sites for hydroxylation is 1. The fourth-order valence-electron chi connectivity index (χ4n) is 1.23. The Morgan fingerprint density at radius 1 is 1.62 bits per heavy atom. The van der Waals surface area contributed by atoms with Crippen LogP contribution in [-0.4, -0.2) is 9.38 Å². The van der Waals surface area contributed by atoms with Crippen LogP contribution < -0.4 is 0 Å². The zero-order valence-corrected chi connectivity index (χ0v) is 6.95. The maximum atomic E-state index is 13.4. The molecule has 0 spiro atoms. The van der Waals surface area contributed by atoms with Gasteiger partial charge in [-0.3, -0.25) is 0 Å². The van der Waals surface area contributed by atoms with E-state index in [0.717, 1.165) is 5.69 Å². The van der Waals surface area contributed by atoms with Gasteiger partial charge in [-0.25, -0.2) is 9.37 Å². The molecule has 64 valence electrons. The predicted molar refractivity (Wildman–Crippen MR) is 44.6 cm³/mol. The van der Waals surface area contributed by atoms with Crippen LogP contribution in [0.2, 0.25) is 0 Å². The van der Waals surface area contributed by atoms with Gasteiger partial charge in [0.05, 0.1) is 5.56 Å². The van der Waals surface area contributed by atoms with Crippen molar-refractivity contribution in [3.63, 3.8) is 0 Å². The van der Waals surface area contributed by atoms with Crippen LogP contribution in [0.25, 0.3) is 5.65 Å². The first-order valence-corrected chi connectivity index (χ1v) is 3.76. The monoisotopic (exact) mass is 175 g/mol.